The molecule has 3 heteroatoms. The molecular weight excluding hydrogens is 174 g/mol. The van der Waals surface area contributed by atoms with Crippen molar-refractivity contribution in [1.82, 2.24) is 15.1 Å². The summed E-state index contributed by atoms with van der Waals surface area (Å²) < 4.78 is 2.18. The maximum atomic E-state index is 4.45. The van der Waals surface area contributed by atoms with Crippen LogP contribution in [0.15, 0.2) is 6.20 Å². The summed E-state index contributed by atoms with van der Waals surface area (Å²) in [6.45, 7) is 5.52. The summed E-state index contributed by atoms with van der Waals surface area (Å²) in [5.41, 5.74) is 2.85. The second-order valence-corrected chi connectivity index (χ2v) is 4.50. The molecule has 3 nitrogen and oxygen atoms in total. The largest absolute Gasteiger partial charge is 0.313 e. The fraction of sp³-hybridized carbons (Fsp3) is 0.727. The average Bonchev–Trinajstić information content (AvgIpc) is 2.67. The summed E-state index contributed by atoms with van der Waals surface area (Å²) in [7, 11) is 2.03. The van der Waals surface area contributed by atoms with E-state index in [4.69, 9.17) is 0 Å². The van der Waals surface area contributed by atoms with Crippen molar-refractivity contribution in [3.63, 3.8) is 0 Å². The first-order chi connectivity index (χ1) is 6.72. The highest BCUT2D eigenvalue weighted by atomic mass is 15.3. The molecule has 0 spiro atoms. The van der Waals surface area contributed by atoms with Crippen LogP contribution in [0.5, 0.6) is 0 Å². The van der Waals surface area contributed by atoms with Gasteiger partial charge in [-0.25, -0.2) is 0 Å². The van der Waals surface area contributed by atoms with Gasteiger partial charge in [-0.1, -0.05) is 13.8 Å². The van der Waals surface area contributed by atoms with Crippen LogP contribution >= 0.6 is 0 Å². The Bertz CT molecular complexity index is 314. The summed E-state index contributed by atoms with van der Waals surface area (Å²) in [5, 5.41) is 7.79. The minimum atomic E-state index is 0.533. The molecule has 1 N–H and O–H groups in total. The van der Waals surface area contributed by atoms with Gasteiger partial charge in [0, 0.05) is 23.8 Å². The van der Waals surface area contributed by atoms with Crippen molar-refractivity contribution in [3.8, 4) is 0 Å². The van der Waals surface area contributed by atoms with Crippen LogP contribution in [0, 0.1) is 5.92 Å². The molecule has 0 amide bonds. The molecule has 2 rings (SSSR count). The predicted octanol–water partition coefficient (Wildman–Crippen LogP) is 1.75. The normalized spacial score (nSPS) is 20.4. The summed E-state index contributed by atoms with van der Waals surface area (Å²) in [4.78, 5) is 0. The van der Waals surface area contributed by atoms with E-state index in [0.717, 1.165) is 6.54 Å². The molecule has 78 valence electrons. The molecule has 1 aromatic heterocycles. The fourth-order valence-corrected chi connectivity index (χ4v) is 2.23. The number of hydrogen-bond acceptors (Lipinski definition) is 2. The van der Waals surface area contributed by atoms with Gasteiger partial charge in [0.05, 0.1) is 6.20 Å². The average molecular weight is 193 g/mol. The molecule has 1 aromatic rings. The van der Waals surface area contributed by atoms with Crippen molar-refractivity contribution in [1.29, 1.82) is 0 Å². The minimum absolute atomic E-state index is 0.533. The molecule has 0 fully saturated rings. The molecule has 1 atom stereocenters. The Morgan fingerprint density at radius 2 is 2.43 bits per heavy atom. The Morgan fingerprint density at radius 1 is 1.64 bits per heavy atom. The first kappa shape index (κ1) is 9.71. The third kappa shape index (κ3) is 1.57. The molecule has 0 unspecified atom stereocenters. The van der Waals surface area contributed by atoms with Crippen molar-refractivity contribution in [3.05, 3.63) is 17.5 Å². The van der Waals surface area contributed by atoms with Crippen molar-refractivity contribution < 1.29 is 0 Å². The van der Waals surface area contributed by atoms with Crippen molar-refractivity contribution in [2.24, 2.45) is 5.92 Å². The monoisotopic (exact) mass is 193 g/mol. The van der Waals surface area contributed by atoms with E-state index in [1.807, 2.05) is 13.2 Å². The molecule has 0 aromatic carbocycles. The number of rotatable bonds is 3. The molecular formula is C11H19N3. The number of aromatic nitrogens is 2. The molecule has 1 aliphatic carbocycles. The number of hydrogen-bond donors (Lipinski definition) is 1. The quantitative estimate of drug-likeness (QED) is 0.792. The first-order valence-electron chi connectivity index (χ1n) is 5.44. The third-order valence-corrected chi connectivity index (χ3v) is 2.91. The second-order valence-electron chi connectivity index (χ2n) is 4.50. The van der Waals surface area contributed by atoms with Crippen LogP contribution in [0.1, 0.15) is 37.6 Å². The summed E-state index contributed by atoms with van der Waals surface area (Å²) in [6.07, 6.45) is 4.43. The van der Waals surface area contributed by atoms with Crippen molar-refractivity contribution in [2.75, 3.05) is 7.05 Å². The van der Waals surface area contributed by atoms with E-state index >= 15 is 0 Å². The highest BCUT2D eigenvalue weighted by Crippen LogP contribution is 2.30. The number of nitrogens with one attached hydrogen (secondary N) is 1. The molecule has 1 heterocycles. The maximum absolute atomic E-state index is 4.45. The van der Waals surface area contributed by atoms with E-state index in [2.05, 4.69) is 28.9 Å². The summed E-state index contributed by atoms with van der Waals surface area (Å²) in [6, 6.07) is 0.533. The van der Waals surface area contributed by atoms with E-state index in [9.17, 15) is 0 Å². The lowest BCUT2D eigenvalue weighted by Gasteiger charge is -2.07. The predicted molar refractivity (Wildman–Crippen MR) is 57.2 cm³/mol. The smallest absolute Gasteiger partial charge is 0.0540 e. The van der Waals surface area contributed by atoms with E-state index in [0.29, 0.717) is 12.0 Å². The Hall–Kier alpha value is -0.830. The highest BCUT2D eigenvalue weighted by Gasteiger charge is 2.25. The third-order valence-electron chi connectivity index (χ3n) is 2.91. The van der Waals surface area contributed by atoms with Gasteiger partial charge in [0.25, 0.3) is 0 Å². The Labute approximate surface area is 85.5 Å². The Balaban J connectivity index is 2.22. The highest BCUT2D eigenvalue weighted by molar-refractivity contribution is 5.27. The molecule has 0 saturated carbocycles. The maximum Gasteiger partial charge on any atom is 0.0540 e. The van der Waals surface area contributed by atoms with Gasteiger partial charge >= 0.3 is 0 Å². The minimum Gasteiger partial charge on any atom is -0.313 e. The molecule has 0 saturated heterocycles. The molecule has 1 aliphatic rings. The van der Waals surface area contributed by atoms with Crippen LogP contribution in [0.2, 0.25) is 0 Å². The molecule has 0 aliphatic heterocycles. The van der Waals surface area contributed by atoms with Crippen LogP contribution < -0.4 is 5.32 Å². The van der Waals surface area contributed by atoms with Crippen LogP contribution in [-0.4, -0.2) is 16.8 Å². The number of fused-ring (bicyclic) bond motifs is 1. The first-order valence-corrected chi connectivity index (χ1v) is 5.44. The summed E-state index contributed by atoms with van der Waals surface area (Å²) in [5.74, 6) is 0.674. The zero-order valence-electron chi connectivity index (χ0n) is 9.25. The standard InChI is InChI=1S/C11H19N3/c1-8(2)7-14-11-5-4-10(12-3)9(11)6-13-14/h6,8,10,12H,4-5,7H2,1-3H3/t10-/m1/s1. The van der Waals surface area contributed by atoms with Gasteiger partial charge in [-0.15, -0.1) is 0 Å². The molecule has 0 radical (unpaired) electrons. The Morgan fingerprint density at radius 3 is 3.07 bits per heavy atom. The SMILES string of the molecule is CN[C@@H]1CCc2c1cnn2CC(C)C. The zero-order valence-corrected chi connectivity index (χ0v) is 9.25. The van der Waals surface area contributed by atoms with Crippen LogP contribution in [0.25, 0.3) is 0 Å². The molecule has 0 bridgehead atoms. The van der Waals surface area contributed by atoms with Crippen LogP contribution in [0.4, 0.5) is 0 Å². The van der Waals surface area contributed by atoms with Crippen LogP contribution in [-0.2, 0) is 13.0 Å². The lowest BCUT2D eigenvalue weighted by molar-refractivity contribution is 0.468. The molecule has 14 heavy (non-hydrogen) atoms. The topological polar surface area (TPSA) is 29.9 Å². The lowest BCUT2D eigenvalue weighted by Crippen LogP contribution is -2.12. The van der Waals surface area contributed by atoms with Gasteiger partial charge in [-0.05, 0) is 25.8 Å². The van der Waals surface area contributed by atoms with E-state index in [-0.39, 0.29) is 0 Å². The van der Waals surface area contributed by atoms with Gasteiger partial charge in [0.1, 0.15) is 0 Å². The number of nitrogens with zero attached hydrogens (tertiary/aromatic N) is 2. The van der Waals surface area contributed by atoms with Gasteiger partial charge in [0.15, 0.2) is 0 Å². The van der Waals surface area contributed by atoms with Crippen molar-refractivity contribution >= 4 is 0 Å². The van der Waals surface area contributed by atoms with Crippen LogP contribution in [0.3, 0.4) is 0 Å². The van der Waals surface area contributed by atoms with Gasteiger partial charge in [-0.3, -0.25) is 4.68 Å². The van der Waals surface area contributed by atoms with E-state index in [1.54, 1.807) is 0 Å². The van der Waals surface area contributed by atoms with Gasteiger partial charge in [0.2, 0.25) is 0 Å². The fourth-order valence-electron chi connectivity index (χ4n) is 2.23. The van der Waals surface area contributed by atoms with E-state index < -0.39 is 0 Å². The lowest BCUT2D eigenvalue weighted by atomic mass is 10.2. The Kier molecular flexibility index (Phi) is 2.59. The van der Waals surface area contributed by atoms with Crippen molar-refractivity contribution in [2.45, 2.75) is 39.3 Å². The van der Waals surface area contributed by atoms with Gasteiger partial charge in [-0.2, -0.15) is 5.10 Å². The van der Waals surface area contributed by atoms with Gasteiger partial charge < -0.3 is 5.32 Å². The van der Waals surface area contributed by atoms with E-state index in [1.165, 1.54) is 24.1 Å². The summed E-state index contributed by atoms with van der Waals surface area (Å²) >= 11 is 0. The second kappa shape index (κ2) is 3.73. The zero-order chi connectivity index (χ0) is 10.1.